The van der Waals surface area contributed by atoms with Crippen molar-refractivity contribution in [2.45, 2.75) is 39.0 Å². The Hall–Kier alpha value is -2.96. The lowest BCUT2D eigenvalue weighted by molar-refractivity contribution is 0.0709. The predicted molar refractivity (Wildman–Crippen MR) is 101 cm³/mol. The van der Waals surface area contributed by atoms with Crippen LogP contribution in [0.2, 0.25) is 0 Å². The summed E-state index contributed by atoms with van der Waals surface area (Å²) >= 11 is 0. The van der Waals surface area contributed by atoms with Crippen LogP contribution < -0.4 is 5.56 Å². The van der Waals surface area contributed by atoms with E-state index in [4.69, 9.17) is 4.52 Å². The lowest BCUT2D eigenvalue weighted by Gasteiger charge is -2.32. The van der Waals surface area contributed by atoms with E-state index in [0.29, 0.717) is 42.0 Å². The average Bonchev–Trinajstić information content (AvgIpc) is 3.08. The van der Waals surface area contributed by atoms with Crippen LogP contribution in [0.25, 0.3) is 10.9 Å². The maximum Gasteiger partial charge on any atom is 0.274 e. The Morgan fingerprint density at radius 1 is 1.37 bits per heavy atom. The number of nitrogens with one attached hydrogen (secondary N) is 1. The van der Waals surface area contributed by atoms with E-state index in [2.05, 4.69) is 15.1 Å². The van der Waals surface area contributed by atoms with Gasteiger partial charge in [-0.05, 0) is 31.9 Å². The van der Waals surface area contributed by atoms with Crippen LogP contribution in [0, 0.1) is 6.92 Å². The minimum Gasteiger partial charge on any atom is -0.360 e. The van der Waals surface area contributed by atoms with Gasteiger partial charge in [0.05, 0.1) is 5.69 Å². The van der Waals surface area contributed by atoms with Crippen molar-refractivity contribution < 1.29 is 9.32 Å². The van der Waals surface area contributed by atoms with Gasteiger partial charge in [0.15, 0.2) is 0 Å². The molecule has 1 amide bonds. The summed E-state index contributed by atoms with van der Waals surface area (Å²) in [5.41, 5.74) is 2.47. The lowest BCUT2D eigenvalue weighted by atomic mass is 9.92. The maximum absolute atomic E-state index is 12.9. The van der Waals surface area contributed by atoms with Crippen LogP contribution in [0.1, 0.15) is 53.2 Å². The first-order valence-corrected chi connectivity index (χ1v) is 9.30. The molecule has 4 rings (SSSR count). The third-order valence-electron chi connectivity index (χ3n) is 5.31. The van der Waals surface area contributed by atoms with Crippen molar-refractivity contribution in [1.82, 2.24) is 20.0 Å². The molecule has 4 heterocycles. The molecular formula is C20H22N4O3. The van der Waals surface area contributed by atoms with Gasteiger partial charge in [0.2, 0.25) is 0 Å². The van der Waals surface area contributed by atoms with Gasteiger partial charge in [-0.15, -0.1) is 0 Å². The van der Waals surface area contributed by atoms with Gasteiger partial charge in [-0.25, -0.2) is 0 Å². The number of piperidine rings is 1. The number of nitrogens with zero attached hydrogens (tertiary/aromatic N) is 3. The Balaban J connectivity index is 1.51. The number of pyridine rings is 2. The molecule has 0 spiro atoms. The fourth-order valence-electron chi connectivity index (χ4n) is 3.82. The van der Waals surface area contributed by atoms with Gasteiger partial charge in [-0.1, -0.05) is 18.1 Å². The first-order chi connectivity index (χ1) is 13.1. The number of carbonyl (C=O) groups is 1. The van der Waals surface area contributed by atoms with Gasteiger partial charge in [0, 0.05) is 42.7 Å². The predicted octanol–water partition coefficient (Wildman–Crippen LogP) is 2.80. The molecule has 0 atom stereocenters. The molecule has 3 aromatic heterocycles. The van der Waals surface area contributed by atoms with E-state index in [1.54, 1.807) is 13.1 Å². The SMILES string of the molecule is CCc1onc(C)c1C(=O)N1CCC(c2cc3cccnc3c(=O)[nH]2)CC1. The summed E-state index contributed by atoms with van der Waals surface area (Å²) in [7, 11) is 0. The highest BCUT2D eigenvalue weighted by Crippen LogP contribution is 2.29. The number of carbonyl (C=O) groups excluding carboxylic acids is 1. The van der Waals surface area contributed by atoms with Crippen molar-refractivity contribution in [2.24, 2.45) is 0 Å². The van der Waals surface area contributed by atoms with Crippen molar-refractivity contribution >= 4 is 16.8 Å². The van der Waals surface area contributed by atoms with Crippen LogP contribution in [0.4, 0.5) is 0 Å². The van der Waals surface area contributed by atoms with E-state index in [1.807, 2.05) is 30.0 Å². The average molecular weight is 366 g/mol. The Morgan fingerprint density at radius 2 is 2.15 bits per heavy atom. The smallest absolute Gasteiger partial charge is 0.274 e. The van der Waals surface area contributed by atoms with Gasteiger partial charge in [0.25, 0.3) is 11.5 Å². The van der Waals surface area contributed by atoms with Gasteiger partial charge in [-0.2, -0.15) is 0 Å². The number of likely N-dealkylation sites (tertiary alicyclic amines) is 1. The molecule has 0 aromatic carbocycles. The van der Waals surface area contributed by atoms with Crippen molar-refractivity contribution in [1.29, 1.82) is 0 Å². The van der Waals surface area contributed by atoms with E-state index in [9.17, 15) is 9.59 Å². The van der Waals surface area contributed by atoms with Gasteiger partial charge in [-0.3, -0.25) is 14.6 Å². The molecule has 0 bridgehead atoms. The third kappa shape index (κ3) is 3.13. The molecule has 0 radical (unpaired) electrons. The normalized spacial score (nSPS) is 15.4. The summed E-state index contributed by atoms with van der Waals surface area (Å²) in [5.74, 6) is 0.854. The molecule has 0 saturated carbocycles. The Kier molecular flexibility index (Phi) is 4.51. The third-order valence-corrected chi connectivity index (χ3v) is 5.31. The van der Waals surface area contributed by atoms with Crippen molar-refractivity contribution in [3.05, 3.63) is 57.5 Å². The first kappa shape index (κ1) is 17.5. The van der Waals surface area contributed by atoms with Crippen LogP contribution in [0.15, 0.2) is 33.7 Å². The first-order valence-electron chi connectivity index (χ1n) is 9.30. The molecule has 1 fully saturated rings. The van der Waals surface area contributed by atoms with E-state index in [-0.39, 0.29) is 17.4 Å². The largest absolute Gasteiger partial charge is 0.360 e. The summed E-state index contributed by atoms with van der Waals surface area (Å²) < 4.78 is 5.26. The summed E-state index contributed by atoms with van der Waals surface area (Å²) in [6.07, 6.45) is 3.88. The van der Waals surface area contributed by atoms with Crippen LogP contribution in [-0.2, 0) is 6.42 Å². The summed E-state index contributed by atoms with van der Waals surface area (Å²) in [4.78, 5) is 34.1. The van der Waals surface area contributed by atoms with E-state index in [0.717, 1.165) is 23.9 Å². The number of amides is 1. The summed E-state index contributed by atoms with van der Waals surface area (Å²) in [6, 6.07) is 5.74. The Labute approximate surface area is 156 Å². The zero-order valence-corrected chi connectivity index (χ0v) is 15.5. The van der Waals surface area contributed by atoms with Crippen LogP contribution in [0.3, 0.4) is 0 Å². The monoisotopic (exact) mass is 366 g/mol. The lowest BCUT2D eigenvalue weighted by Crippen LogP contribution is -2.38. The number of hydrogen-bond donors (Lipinski definition) is 1. The maximum atomic E-state index is 12.9. The summed E-state index contributed by atoms with van der Waals surface area (Å²) in [6.45, 7) is 5.04. The number of rotatable bonds is 3. The second-order valence-corrected chi connectivity index (χ2v) is 6.98. The number of aryl methyl sites for hydroxylation is 2. The van der Waals surface area contributed by atoms with Crippen LogP contribution >= 0.6 is 0 Å². The van der Waals surface area contributed by atoms with Gasteiger partial charge in [0.1, 0.15) is 16.8 Å². The molecule has 140 valence electrons. The number of H-pyrrole nitrogens is 1. The molecule has 27 heavy (non-hydrogen) atoms. The quantitative estimate of drug-likeness (QED) is 0.769. The number of hydrogen-bond acceptors (Lipinski definition) is 5. The highest BCUT2D eigenvalue weighted by atomic mass is 16.5. The molecule has 3 aromatic rings. The molecule has 0 aliphatic carbocycles. The highest BCUT2D eigenvalue weighted by molar-refractivity contribution is 5.96. The molecule has 0 unspecified atom stereocenters. The fraction of sp³-hybridized carbons (Fsp3) is 0.400. The van der Waals surface area contributed by atoms with Gasteiger partial charge >= 0.3 is 0 Å². The van der Waals surface area contributed by atoms with Crippen LogP contribution in [-0.4, -0.2) is 39.0 Å². The minimum absolute atomic E-state index is 0.0137. The molecule has 1 aliphatic heterocycles. The second kappa shape index (κ2) is 6.98. The zero-order valence-electron chi connectivity index (χ0n) is 15.5. The number of aromatic nitrogens is 3. The van der Waals surface area contributed by atoms with Gasteiger partial charge < -0.3 is 14.4 Å². The molecule has 1 aliphatic rings. The topological polar surface area (TPSA) is 92.1 Å². The van der Waals surface area contributed by atoms with Crippen molar-refractivity contribution in [2.75, 3.05) is 13.1 Å². The highest BCUT2D eigenvalue weighted by Gasteiger charge is 2.29. The Bertz CT molecular complexity index is 1040. The molecule has 7 heteroatoms. The minimum atomic E-state index is -0.158. The number of aromatic amines is 1. The van der Waals surface area contributed by atoms with Crippen LogP contribution in [0.5, 0.6) is 0 Å². The summed E-state index contributed by atoms with van der Waals surface area (Å²) in [5, 5.41) is 4.79. The van der Waals surface area contributed by atoms with Crippen molar-refractivity contribution in [3.8, 4) is 0 Å². The molecule has 1 saturated heterocycles. The second-order valence-electron chi connectivity index (χ2n) is 6.98. The number of fused-ring (bicyclic) bond motifs is 1. The Morgan fingerprint density at radius 3 is 2.89 bits per heavy atom. The molecular weight excluding hydrogens is 344 g/mol. The molecule has 7 nitrogen and oxygen atoms in total. The van der Waals surface area contributed by atoms with E-state index >= 15 is 0 Å². The van der Waals surface area contributed by atoms with E-state index in [1.165, 1.54) is 0 Å². The van der Waals surface area contributed by atoms with Crippen molar-refractivity contribution in [3.63, 3.8) is 0 Å². The fourth-order valence-corrected chi connectivity index (χ4v) is 3.82. The molecule has 1 N–H and O–H groups in total. The zero-order chi connectivity index (χ0) is 19.0. The standard InChI is InChI=1S/C20H22N4O3/c1-3-16-17(12(2)23-27-16)20(26)24-9-6-13(7-10-24)15-11-14-5-4-8-21-18(14)19(25)22-15/h4-5,8,11,13H,3,6-7,9-10H2,1-2H3,(H,22,25). The van der Waals surface area contributed by atoms with E-state index < -0.39 is 0 Å².